The van der Waals surface area contributed by atoms with Gasteiger partial charge in [0.1, 0.15) is 17.8 Å². The van der Waals surface area contributed by atoms with E-state index in [0.29, 0.717) is 6.04 Å². The summed E-state index contributed by atoms with van der Waals surface area (Å²) in [5.41, 5.74) is 5.50. The van der Waals surface area contributed by atoms with Gasteiger partial charge in [0.25, 0.3) is 0 Å². The minimum absolute atomic E-state index is 0.598. The van der Waals surface area contributed by atoms with E-state index >= 15 is 0 Å². The Balaban J connectivity index is 1.54. The highest BCUT2D eigenvalue weighted by Crippen LogP contribution is 2.29. The molecule has 5 rings (SSSR count). The van der Waals surface area contributed by atoms with Crippen LogP contribution in [0.2, 0.25) is 0 Å². The molecule has 0 aromatic carbocycles. The summed E-state index contributed by atoms with van der Waals surface area (Å²) in [5.74, 6) is 0.930. The van der Waals surface area contributed by atoms with E-state index in [1.807, 2.05) is 43.5 Å². The lowest BCUT2D eigenvalue weighted by molar-refractivity contribution is 0.515. The van der Waals surface area contributed by atoms with Crippen molar-refractivity contribution in [3.05, 3.63) is 54.4 Å². The molecule has 4 heterocycles. The maximum Gasteiger partial charge on any atom is 0.155 e. The molecule has 4 aromatic rings. The van der Waals surface area contributed by atoms with Crippen LogP contribution in [-0.2, 0) is 6.54 Å². The van der Waals surface area contributed by atoms with Gasteiger partial charge in [-0.3, -0.25) is 4.98 Å². The number of fused-ring (bicyclic) bond motifs is 1. The third kappa shape index (κ3) is 3.29. The van der Waals surface area contributed by atoms with Crippen LogP contribution in [0.5, 0.6) is 0 Å². The molecule has 0 bridgehead atoms. The molecule has 0 radical (unpaired) electrons. The summed E-state index contributed by atoms with van der Waals surface area (Å²) in [5, 5.41) is 7.90. The molecule has 4 aromatic heterocycles. The third-order valence-corrected chi connectivity index (χ3v) is 5.36. The second-order valence-electron chi connectivity index (χ2n) is 7.41. The minimum atomic E-state index is 0.598. The molecule has 1 aliphatic rings. The number of nitrogens with zero attached hydrogens (tertiary/aromatic N) is 5. The van der Waals surface area contributed by atoms with E-state index < -0.39 is 0 Å². The van der Waals surface area contributed by atoms with Gasteiger partial charge in [0, 0.05) is 23.5 Å². The zero-order valence-electron chi connectivity index (χ0n) is 15.9. The molecule has 142 valence electrons. The van der Waals surface area contributed by atoms with Gasteiger partial charge in [-0.25, -0.2) is 14.5 Å². The SMILES string of the molecule is Cc1cccc(-c2nc(CNC3CCCC3)[nH]c2-c2ccc3ncnn3c2)n1. The first-order chi connectivity index (χ1) is 13.8. The minimum Gasteiger partial charge on any atom is -0.340 e. The number of hydrogen-bond donors (Lipinski definition) is 2. The Morgan fingerprint density at radius 1 is 1.14 bits per heavy atom. The Kier molecular flexibility index (Phi) is 4.37. The van der Waals surface area contributed by atoms with Crippen LogP contribution in [0, 0.1) is 6.92 Å². The smallest absolute Gasteiger partial charge is 0.155 e. The molecule has 0 spiro atoms. The van der Waals surface area contributed by atoms with Crippen LogP contribution in [0.25, 0.3) is 28.3 Å². The molecule has 1 saturated carbocycles. The lowest BCUT2D eigenvalue weighted by Crippen LogP contribution is -2.25. The molecule has 7 nitrogen and oxygen atoms in total. The second kappa shape index (κ2) is 7.16. The molecule has 0 atom stereocenters. The number of H-pyrrole nitrogens is 1. The van der Waals surface area contributed by atoms with E-state index in [0.717, 1.165) is 46.4 Å². The van der Waals surface area contributed by atoms with E-state index in [4.69, 9.17) is 9.97 Å². The molecule has 0 saturated heterocycles. The highest BCUT2D eigenvalue weighted by molar-refractivity contribution is 5.77. The molecule has 7 heteroatoms. The van der Waals surface area contributed by atoms with Crippen LogP contribution in [-0.4, -0.2) is 35.6 Å². The monoisotopic (exact) mass is 373 g/mol. The Morgan fingerprint density at radius 3 is 2.89 bits per heavy atom. The first-order valence-electron chi connectivity index (χ1n) is 9.82. The molecule has 2 N–H and O–H groups in total. The first-order valence-corrected chi connectivity index (χ1v) is 9.82. The average Bonchev–Trinajstić information content (AvgIpc) is 3.45. The average molecular weight is 373 g/mol. The van der Waals surface area contributed by atoms with Crippen molar-refractivity contribution in [2.45, 2.75) is 45.2 Å². The fourth-order valence-electron chi connectivity index (χ4n) is 3.91. The lowest BCUT2D eigenvalue weighted by atomic mass is 10.1. The molecule has 0 unspecified atom stereocenters. The third-order valence-electron chi connectivity index (χ3n) is 5.36. The summed E-state index contributed by atoms with van der Waals surface area (Å²) in [4.78, 5) is 17.3. The fraction of sp³-hybridized carbons (Fsp3) is 0.333. The second-order valence-corrected chi connectivity index (χ2v) is 7.41. The van der Waals surface area contributed by atoms with Crippen LogP contribution in [0.1, 0.15) is 37.2 Å². The number of imidazole rings is 1. The van der Waals surface area contributed by atoms with Crippen molar-refractivity contribution >= 4 is 5.65 Å². The van der Waals surface area contributed by atoms with Gasteiger partial charge in [0.15, 0.2) is 5.65 Å². The number of rotatable bonds is 5. The van der Waals surface area contributed by atoms with Crippen molar-refractivity contribution in [3.8, 4) is 22.6 Å². The zero-order chi connectivity index (χ0) is 18.9. The summed E-state index contributed by atoms with van der Waals surface area (Å²) >= 11 is 0. The Labute approximate surface area is 163 Å². The van der Waals surface area contributed by atoms with Crippen LogP contribution in [0.15, 0.2) is 42.9 Å². The Hall–Kier alpha value is -3.06. The van der Waals surface area contributed by atoms with Crippen molar-refractivity contribution in [1.82, 2.24) is 34.9 Å². The van der Waals surface area contributed by atoms with Gasteiger partial charge in [-0.05, 0) is 44.0 Å². The standard InChI is InChI=1S/C21H23N7/c1-14-5-4-8-17(25-14)21-20(15-9-10-19-23-13-24-28(19)12-15)26-18(27-21)11-22-16-6-2-3-7-16/h4-5,8-10,12-13,16,22H,2-3,6-7,11H2,1H3,(H,26,27). The predicted octanol–water partition coefficient (Wildman–Crippen LogP) is 3.52. The molecule has 1 fully saturated rings. The summed E-state index contributed by atoms with van der Waals surface area (Å²) in [7, 11) is 0. The normalized spacial score (nSPS) is 14.9. The summed E-state index contributed by atoms with van der Waals surface area (Å²) < 4.78 is 1.78. The van der Waals surface area contributed by atoms with E-state index in [9.17, 15) is 0 Å². The number of pyridine rings is 2. The highest BCUT2D eigenvalue weighted by atomic mass is 15.3. The zero-order valence-corrected chi connectivity index (χ0v) is 15.9. The summed E-state index contributed by atoms with van der Waals surface area (Å²) in [6, 6.07) is 10.6. The number of aryl methyl sites for hydroxylation is 1. The number of nitrogens with one attached hydrogen (secondary N) is 2. The lowest BCUT2D eigenvalue weighted by Gasteiger charge is -2.09. The van der Waals surface area contributed by atoms with E-state index in [2.05, 4.69) is 20.4 Å². The van der Waals surface area contributed by atoms with Crippen LogP contribution < -0.4 is 5.32 Å². The molecule has 1 aliphatic carbocycles. The van der Waals surface area contributed by atoms with Crippen molar-refractivity contribution in [3.63, 3.8) is 0 Å². The fourth-order valence-corrected chi connectivity index (χ4v) is 3.91. The molecule has 28 heavy (non-hydrogen) atoms. The van der Waals surface area contributed by atoms with Gasteiger partial charge in [-0.15, -0.1) is 0 Å². The van der Waals surface area contributed by atoms with Crippen molar-refractivity contribution in [1.29, 1.82) is 0 Å². The van der Waals surface area contributed by atoms with Gasteiger partial charge in [0.2, 0.25) is 0 Å². The molecule has 0 amide bonds. The molecule has 0 aliphatic heterocycles. The Bertz CT molecular complexity index is 1100. The van der Waals surface area contributed by atoms with E-state index in [1.165, 1.54) is 25.7 Å². The van der Waals surface area contributed by atoms with Crippen molar-refractivity contribution in [2.75, 3.05) is 0 Å². The molecular formula is C21H23N7. The first kappa shape index (κ1) is 17.1. The van der Waals surface area contributed by atoms with E-state index in [1.54, 1.807) is 10.8 Å². The molecular weight excluding hydrogens is 350 g/mol. The van der Waals surface area contributed by atoms with Gasteiger partial charge >= 0.3 is 0 Å². The summed E-state index contributed by atoms with van der Waals surface area (Å²) in [6.07, 6.45) is 8.68. The topological polar surface area (TPSA) is 83.8 Å². The number of aromatic nitrogens is 6. The van der Waals surface area contributed by atoms with Gasteiger partial charge < -0.3 is 10.3 Å². The maximum atomic E-state index is 4.90. The summed E-state index contributed by atoms with van der Waals surface area (Å²) in [6.45, 7) is 2.73. The van der Waals surface area contributed by atoms with Crippen LogP contribution in [0.4, 0.5) is 0 Å². The highest BCUT2D eigenvalue weighted by Gasteiger charge is 2.18. The predicted molar refractivity (Wildman–Crippen MR) is 108 cm³/mol. The van der Waals surface area contributed by atoms with Gasteiger partial charge in [-0.1, -0.05) is 18.9 Å². The van der Waals surface area contributed by atoms with Crippen LogP contribution >= 0.6 is 0 Å². The van der Waals surface area contributed by atoms with Crippen LogP contribution in [0.3, 0.4) is 0 Å². The van der Waals surface area contributed by atoms with E-state index in [-0.39, 0.29) is 0 Å². The maximum absolute atomic E-state index is 4.90. The number of hydrogen-bond acceptors (Lipinski definition) is 5. The largest absolute Gasteiger partial charge is 0.340 e. The Morgan fingerprint density at radius 2 is 2.04 bits per heavy atom. The van der Waals surface area contributed by atoms with Gasteiger partial charge in [0.05, 0.1) is 17.9 Å². The van der Waals surface area contributed by atoms with Crippen molar-refractivity contribution < 1.29 is 0 Å². The van der Waals surface area contributed by atoms with Crippen molar-refractivity contribution in [2.24, 2.45) is 0 Å². The quantitative estimate of drug-likeness (QED) is 0.559. The number of aromatic amines is 1. The van der Waals surface area contributed by atoms with Gasteiger partial charge in [-0.2, -0.15) is 5.10 Å².